The van der Waals surface area contributed by atoms with E-state index in [1.54, 1.807) is 15.6 Å². The third-order valence-corrected chi connectivity index (χ3v) is 5.83. The number of aromatic nitrogens is 3. The van der Waals surface area contributed by atoms with Crippen LogP contribution in [0.2, 0.25) is 0 Å². The molecule has 2 aliphatic rings. The molecule has 1 aromatic heterocycles. The summed E-state index contributed by atoms with van der Waals surface area (Å²) in [5.74, 6) is -0.723. The SMILES string of the molecule is CCCNC(=O)NCc1nnn2c1COC1(CCN(C(=O)c3ccc(OC)c(F)c3)C1)C2. The van der Waals surface area contributed by atoms with Gasteiger partial charge in [0.1, 0.15) is 11.3 Å². The number of rotatable bonds is 6. The Kier molecular flexibility index (Phi) is 6.26. The molecule has 4 rings (SSSR count). The van der Waals surface area contributed by atoms with Gasteiger partial charge in [-0.1, -0.05) is 12.1 Å². The topological polar surface area (TPSA) is 111 Å². The molecule has 2 N–H and O–H groups in total. The molecule has 2 aliphatic heterocycles. The van der Waals surface area contributed by atoms with E-state index in [0.29, 0.717) is 44.9 Å². The maximum atomic E-state index is 14.0. The van der Waals surface area contributed by atoms with Crippen molar-refractivity contribution < 1.29 is 23.5 Å². The number of benzene rings is 1. The fourth-order valence-corrected chi connectivity index (χ4v) is 4.04. The summed E-state index contributed by atoms with van der Waals surface area (Å²) < 4.78 is 26.9. The molecule has 11 heteroatoms. The van der Waals surface area contributed by atoms with Gasteiger partial charge in [0.25, 0.3) is 5.91 Å². The molecule has 1 unspecified atom stereocenters. The molecule has 0 saturated carbocycles. The predicted octanol–water partition coefficient (Wildman–Crippen LogP) is 1.45. The first-order chi connectivity index (χ1) is 15.4. The van der Waals surface area contributed by atoms with Crippen LogP contribution in [0.5, 0.6) is 5.75 Å². The highest BCUT2D eigenvalue weighted by atomic mass is 19.1. The zero-order chi connectivity index (χ0) is 22.7. The number of fused-ring (bicyclic) bond motifs is 1. The maximum absolute atomic E-state index is 14.0. The molecule has 172 valence electrons. The molecule has 0 bridgehead atoms. The first-order valence-corrected chi connectivity index (χ1v) is 10.6. The number of urea groups is 1. The Labute approximate surface area is 185 Å². The number of nitrogens with one attached hydrogen (secondary N) is 2. The van der Waals surface area contributed by atoms with Gasteiger partial charge in [0.15, 0.2) is 11.6 Å². The van der Waals surface area contributed by atoms with Gasteiger partial charge < -0.3 is 25.0 Å². The third-order valence-electron chi connectivity index (χ3n) is 5.83. The van der Waals surface area contributed by atoms with E-state index in [1.165, 1.54) is 19.2 Å². The number of nitrogens with zero attached hydrogens (tertiary/aromatic N) is 4. The van der Waals surface area contributed by atoms with E-state index in [9.17, 15) is 14.0 Å². The van der Waals surface area contributed by atoms with Crippen LogP contribution >= 0.6 is 0 Å². The smallest absolute Gasteiger partial charge is 0.315 e. The van der Waals surface area contributed by atoms with Gasteiger partial charge >= 0.3 is 6.03 Å². The van der Waals surface area contributed by atoms with Crippen molar-refractivity contribution in [2.75, 3.05) is 26.7 Å². The van der Waals surface area contributed by atoms with E-state index in [4.69, 9.17) is 9.47 Å². The first-order valence-electron chi connectivity index (χ1n) is 10.6. The quantitative estimate of drug-likeness (QED) is 0.695. The van der Waals surface area contributed by atoms with Gasteiger partial charge in [-0.05, 0) is 31.0 Å². The van der Waals surface area contributed by atoms with E-state index in [-0.39, 0.29) is 29.8 Å². The fraction of sp³-hybridized carbons (Fsp3) is 0.524. The van der Waals surface area contributed by atoms with E-state index < -0.39 is 11.4 Å². The van der Waals surface area contributed by atoms with Gasteiger partial charge in [-0.3, -0.25) is 4.79 Å². The Morgan fingerprint density at radius 2 is 2.16 bits per heavy atom. The summed E-state index contributed by atoms with van der Waals surface area (Å²) in [4.78, 5) is 26.3. The molecule has 3 amide bonds. The molecule has 1 atom stereocenters. The molecule has 10 nitrogen and oxygen atoms in total. The molecule has 1 fully saturated rings. The molecule has 32 heavy (non-hydrogen) atoms. The van der Waals surface area contributed by atoms with Crippen molar-refractivity contribution in [2.45, 2.75) is 45.1 Å². The zero-order valence-electron chi connectivity index (χ0n) is 18.2. The van der Waals surface area contributed by atoms with Gasteiger partial charge in [-0.2, -0.15) is 0 Å². The normalized spacial score (nSPS) is 19.7. The van der Waals surface area contributed by atoms with Crippen molar-refractivity contribution in [1.29, 1.82) is 0 Å². The van der Waals surface area contributed by atoms with Gasteiger partial charge in [-0.15, -0.1) is 5.10 Å². The average molecular weight is 446 g/mol. The van der Waals surface area contributed by atoms with Crippen molar-refractivity contribution >= 4 is 11.9 Å². The Bertz CT molecular complexity index is 1010. The van der Waals surface area contributed by atoms with Crippen molar-refractivity contribution in [3.8, 4) is 5.75 Å². The van der Waals surface area contributed by atoms with Crippen LogP contribution in [0.15, 0.2) is 18.2 Å². The summed E-state index contributed by atoms with van der Waals surface area (Å²) in [7, 11) is 1.38. The van der Waals surface area contributed by atoms with Crippen LogP contribution in [0.4, 0.5) is 9.18 Å². The molecule has 0 radical (unpaired) electrons. The minimum atomic E-state index is -0.571. The van der Waals surface area contributed by atoms with Crippen LogP contribution < -0.4 is 15.4 Å². The lowest BCUT2D eigenvalue weighted by Crippen LogP contribution is -2.45. The number of carbonyl (C=O) groups is 2. The highest BCUT2D eigenvalue weighted by molar-refractivity contribution is 5.94. The number of amides is 3. The van der Waals surface area contributed by atoms with Crippen molar-refractivity contribution in [3.63, 3.8) is 0 Å². The minimum Gasteiger partial charge on any atom is -0.494 e. The van der Waals surface area contributed by atoms with Gasteiger partial charge in [-0.25, -0.2) is 13.9 Å². The van der Waals surface area contributed by atoms with E-state index in [2.05, 4.69) is 20.9 Å². The lowest BCUT2D eigenvalue weighted by molar-refractivity contribution is -0.0828. The molecular weight excluding hydrogens is 419 g/mol. The Balaban J connectivity index is 1.38. The number of likely N-dealkylation sites (tertiary alicyclic amines) is 1. The lowest BCUT2D eigenvalue weighted by Gasteiger charge is -2.34. The molecule has 1 saturated heterocycles. The molecule has 1 spiro atoms. The van der Waals surface area contributed by atoms with Gasteiger partial charge in [0.2, 0.25) is 0 Å². The van der Waals surface area contributed by atoms with Crippen molar-refractivity contribution in [2.24, 2.45) is 0 Å². The van der Waals surface area contributed by atoms with Gasteiger partial charge in [0.05, 0.1) is 39.0 Å². The second-order valence-electron chi connectivity index (χ2n) is 8.05. The predicted molar refractivity (Wildman–Crippen MR) is 112 cm³/mol. The average Bonchev–Trinajstić information content (AvgIpc) is 3.39. The van der Waals surface area contributed by atoms with Crippen LogP contribution in [0.25, 0.3) is 0 Å². The van der Waals surface area contributed by atoms with Crippen LogP contribution in [0.1, 0.15) is 41.5 Å². The number of halogens is 1. The van der Waals surface area contributed by atoms with E-state index >= 15 is 0 Å². The van der Waals surface area contributed by atoms with Crippen LogP contribution in [-0.4, -0.2) is 64.2 Å². The van der Waals surface area contributed by atoms with Crippen molar-refractivity contribution in [1.82, 2.24) is 30.5 Å². The number of ether oxygens (including phenoxy) is 2. The second kappa shape index (κ2) is 9.11. The summed E-state index contributed by atoms with van der Waals surface area (Å²) in [5, 5.41) is 13.9. The minimum absolute atomic E-state index is 0.0990. The molecule has 2 aromatic rings. The monoisotopic (exact) mass is 446 g/mol. The zero-order valence-corrected chi connectivity index (χ0v) is 18.2. The molecule has 0 aliphatic carbocycles. The summed E-state index contributed by atoms with van der Waals surface area (Å²) in [6.45, 7) is 4.48. The molecular formula is C21H27FN6O4. The molecule has 1 aromatic carbocycles. The Morgan fingerprint density at radius 3 is 2.91 bits per heavy atom. The van der Waals surface area contributed by atoms with E-state index in [1.807, 2.05) is 6.92 Å². The summed E-state index contributed by atoms with van der Waals surface area (Å²) in [5.41, 5.74) is 1.18. The van der Waals surface area contributed by atoms with E-state index in [0.717, 1.165) is 12.1 Å². The summed E-state index contributed by atoms with van der Waals surface area (Å²) in [6.07, 6.45) is 1.50. The number of methoxy groups -OCH3 is 1. The van der Waals surface area contributed by atoms with Crippen LogP contribution in [-0.2, 0) is 24.4 Å². The summed E-state index contributed by atoms with van der Waals surface area (Å²) >= 11 is 0. The number of hydrogen-bond acceptors (Lipinski definition) is 6. The summed E-state index contributed by atoms with van der Waals surface area (Å²) in [6, 6.07) is 3.95. The van der Waals surface area contributed by atoms with Crippen molar-refractivity contribution in [3.05, 3.63) is 41.0 Å². The number of carbonyl (C=O) groups excluding carboxylic acids is 2. The Morgan fingerprint density at radius 1 is 1.31 bits per heavy atom. The second-order valence-corrected chi connectivity index (χ2v) is 8.05. The maximum Gasteiger partial charge on any atom is 0.315 e. The van der Waals surface area contributed by atoms with Crippen LogP contribution in [0, 0.1) is 5.82 Å². The lowest BCUT2D eigenvalue weighted by atomic mass is 10.0. The van der Waals surface area contributed by atoms with Crippen LogP contribution in [0.3, 0.4) is 0 Å². The highest BCUT2D eigenvalue weighted by Crippen LogP contribution is 2.33. The first kappa shape index (κ1) is 22.0. The van der Waals surface area contributed by atoms with Gasteiger partial charge in [0, 0.05) is 18.7 Å². The largest absolute Gasteiger partial charge is 0.494 e. The fourth-order valence-electron chi connectivity index (χ4n) is 4.04. The standard InChI is InChI=1S/C21H27FN6O4/c1-3-7-23-20(30)24-10-16-17-11-32-21(13-28(17)26-25-16)6-8-27(12-21)19(29)14-4-5-18(31-2)15(22)9-14/h4-5,9H,3,6-8,10-13H2,1-2H3,(H2,23,24,30). The third kappa shape index (κ3) is 4.38. The molecule has 3 heterocycles. The highest BCUT2D eigenvalue weighted by Gasteiger charge is 2.45. The Hall–Kier alpha value is -3.21. The number of hydrogen-bond donors (Lipinski definition) is 2.